The van der Waals surface area contributed by atoms with Crippen LogP contribution in [0.4, 0.5) is 5.69 Å². The highest BCUT2D eigenvalue weighted by Gasteiger charge is 2.24. The summed E-state index contributed by atoms with van der Waals surface area (Å²) in [5, 5.41) is 14.0. The van der Waals surface area contributed by atoms with Gasteiger partial charge >= 0.3 is 0 Å². The van der Waals surface area contributed by atoms with Gasteiger partial charge in [-0.25, -0.2) is 0 Å². The van der Waals surface area contributed by atoms with Crippen LogP contribution in [0.15, 0.2) is 79.3 Å². The number of hydrogen-bond donors (Lipinski definition) is 0. The van der Waals surface area contributed by atoms with E-state index in [2.05, 4.69) is 9.97 Å². The zero-order valence-electron chi connectivity index (χ0n) is 15.0. The molecule has 6 nitrogen and oxygen atoms in total. The first-order valence-electron chi connectivity index (χ1n) is 8.88. The third-order valence-corrected chi connectivity index (χ3v) is 5.22. The molecule has 7 heteroatoms. The first kappa shape index (κ1) is 17.3. The predicted octanol–water partition coefficient (Wildman–Crippen LogP) is 5.80. The van der Waals surface area contributed by atoms with Crippen molar-refractivity contribution in [3.63, 3.8) is 0 Å². The lowest BCUT2D eigenvalue weighted by atomic mass is 10.1. The number of para-hydroxylation sites is 3. The minimum atomic E-state index is -0.410. The van der Waals surface area contributed by atoms with E-state index in [1.807, 2.05) is 47.0 Å². The van der Waals surface area contributed by atoms with Gasteiger partial charge in [-0.2, -0.15) is 0 Å². The fourth-order valence-electron chi connectivity index (χ4n) is 3.77. The minimum Gasteiger partial charge on any atom is -0.301 e. The number of aromatic nitrogens is 3. The lowest BCUT2D eigenvalue weighted by Crippen LogP contribution is -2.02. The molecule has 0 atom stereocenters. The topological polar surface area (TPSA) is 73.8 Å². The maximum Gasteiger partial charge on any atom is 0.294 e. The van der Waals surface area contributed by atoms with Gasteiger partial charge in [0.1, 0.15) is 5.69 Å². The summed E-state index contributed by atoms with van der Waals surface area (Å²) < 4.78 is 1.86. The van der Waals surface area contributed by atoms with E-state index in [9.17, 15) is 10.1 Å². The molecule has 0 aliphatic rings. The maximum absolute atomic E-state index is 11.8. The van der Waals surface area contributed by atoms with Gasteiger partial charge < -0.3 is 4.57 Å². The van der Waals surface area contributed by atoms with Crippen molar-refractivity contribution in [2.45, 2.75) is 0 Å². The van der Waals surface area contributed by atoms with E-state index >= 15 is 0 Å². The second-order valence-corrected chi connectivity index (χ2v) is 6.92. The third kappa shape index (κ3) is 2.65. The van der Waals surface area contributed by atoms with Crippen LogP contribution in [0.3, 0.4) is 0 Å². The lowest BCUT2D eigenvalue weighted by molar-refractivity contribution is -0.384. The van der Waals surface area contributed by atoms with Crippen LogP contribution in [0, 0.1) is 10.1 Å². The standard InChI is InChI=1S/C22H13ClN4O2/c23-17-8-4-10-20(27(28)29)22(17)26-19-9-2-1-5-14(19)15-6-3-7-16(21(15)26)18-13-24-11-12-25-18/h1-13H. The lowest BCUT2D eigenvalue weighted by Gasteiger charge is -2.12. The van der Waals surface area contributed by atoms with Gasteiger partial charge in [-0.1, -0.05) is 54.1 Å². The van der Waals surface area contributed by atoms with Gasteiger partial charge in [0.05, 0.1) is 32.9 Å². The predicted molar refractivity (Wildman–Crippen MR) is 113 cm³/mol. The Bertz CT molecular complexity index is 1400. The molecule has 0 radical (unpaired) electrons. The first-order valence-corrected chi connectivity index (χ1v) is 9.26. The van der Waals surface area contributed by atoms with E-state index in [1.165, 1.54) is 6.07 Å². The van der Waals surface area contributed by atoms with Gasteiger partial charge in [0.2, 0.25) is 0 Å². The Morgan fingerprint density at radius 2 is 1.72 bits per heavy atom. The van der Waals surface area contributed by atoms with Crippen molar-refractivity contribution in [2.24, 2.45) is 0 Å². The molecule has 3 aromatic carbocycles. The second kappa shape index (κ2) is 6.68. The van der Waals surface area contributed by atoms with Crippen molar-refractivity contribution in [2.75, 3.05) is 0 Å². The number of halogens is 1. The largest absolute Gasteiger partial charge is 0.301 e. The molecule has 5 aromatic rings. The highest BCUT2D eigenvalue weighted by molar-refractivity contribution is 6.33. The molecule has 2 aromatic heterocycles. The molecule has 0 spiro atoms. The van der Waals surface area contributed by atoms with Crippen LogP contribution in [0.25, 0.3) is 38.8 Å². The van der Waals surface area contributed by atoms with Crippen molar-refractivity contribution in [3.05, 3.63) is 94.4 Å². The molecule has 0 saturated carbocycles. The molecule has 0 N–H and O–H groups in total. The van der Waals surface area contributed by atoms with Gasteiger partial charge in [0.25, 0.3) is 5.69 Å². The van der Waals surface area contributed by atoms with Gasteiger partial charge in [-0.05, 0) is 12.1 Å². The van der Waals surface area contributed by atoms with Crippen molar-refractivity contribution in [1.82, 2.24) is 14.5 Å². The first-order chi connectivity index (χ1) is 14.2. The average molecular weight is 401 g/mol. The molecule has 29 heavy (non-hydrogen) atoms. The van der Waals surface area contributed by atoms with Crippen molar-refractivity contribution >= 4 is 39.1 Å². The fourth-order valence-corrected chi connectivity index (χ4v) is 4.02. The summed E-state index contributed by atoms with van der Waals surface area (Å²) in [5.41, 5.74) is 3.40. The molecule has 140 valence electrons. The highest BCUT2D eigenvalue weighted by atomic mass is 35.5. The minimum absolute atomic E-state index is 0.0610. The molecular weight excluding hydrogens is 388 g/mol. The summed E-state index contributed by atoms with van der Waals surface area (Å²) in [6.45, 7) is 0. The maximum atomic E-state index is 11.8. The van der Waals surface area contributed by atoms with Gasteiger partial charge in [-0.3, -0.25) is 20.1 Å². The van der Waals surface area contributed by atoms with E-state index in [-0.39, 0.29) is 5.69 Å². The molecule has 0 bridgehead atoms. The van der Waals surface area contributed by atoms with Crippen LogP contribution in [0.2, 0.25) is 5.02 Å². The number of hydrogen-bond acceptors (Lipinski definition) is 4. The Kier molecular flexibility index (Phi) is 4.00. The van der Waals surface area contributed by atoms with Crippen LogP contribution < -0.4 is 0 Å². The number of rotatable bonds is 3. The SMILES string of the molecule is O=[N+]([O-])c1cccc(Cl)c1-n1c2ccccc2c2cccc(-c3cnccn3)c21. The van der Waals surface area contributed by atoms with E-state index in [0.717, 1.165) is 27.4 Å². The summed E-state index contributed by atoms with van der Waals surface area (Å²) in [6.07, 6.45) is 4.91. The zero-order valence-corrected chi connectivity index (χ0v) is 15.7. The van der Waals surface area contributed by atoms with E-state index in [4.69, 9.17) is 11.6 Å². The molecule has 0 saturated heterocycles. The number of nitro groups is 1. The molecule has 0 aliphatic carbocycles. The van der Waals surface area contributed by atoms with Crippen LogP contribution in [0.1, 0.15) is 0 Å². The molecule has 2 heterocycles. The number of nitrogens with zero attached hydrogens (tertiary/aromatic N) is 4. The molecule has 0 amide bonds. The highest BCUT2D eigenvalue weighted by Crippen LogP contribution is 2.41. The number of nitro benzene ring substituents is 1. The van der Waals surface area contributed by atoms with E-state index < -0.39 is 4.92 Å². The van der Waals surface area contributed by atoms with Gasteiger partial charge in [0, 0.05) is 34.8 Å². The number of fused-ring (bicyclic) bond motifs is 3. The monoisotopic (exact) mass is 400 g/mol. The Labute approximate surface area is 170 Å². The van der Waals surface area contributed by atoms with Crippen LogP contribution in [0.5, 0.6) is 0 Å². The van der Waals surface area contributed by atoms with E-state index in [1.54, 1.807) is 30.7 Å². The Hall–Kier alpha value is -3.77. The van der Waals surface area contributed by atoms with Crippen molar-refractivity contribution in [3.8, 4) is 16.9 Å². The summed E-state index contributed by atoms with van der Waals surface area (Å²) in [7, 11) is 0. The summed E-state index contributed by atoms with van der Waals surface area (Å²) in [4.78, 5) is 20.0. The number of benzene rings is 3. The molecule has 0 fully saturated rings. The second-order valence-electron chi connectivity index (χ2n) is 6.51. The van der Waals surface area contributed by atoms with Gasteiger partial charge in [-0.15, -0.1) is 0 Å². The van der Waals surface area contributed by atoms with Crippen LogP contribution in [-0.4, -0.2) is 19.5 Å². The van der Waals surface area contributed by atoms with Gasteiger partial charge in [0.15, 0.2) is 0 Å². The summed E-state index contributed by atoms with van der Waals surface area (Å²) >= 11 is 6.51. The Balaban J connectivity index is 2.03. The van der Waals surface area contributed by atoms with E-state index in [0.29, 0.717) is 16.4 Å². The zero-order chi connectivity index (χ0) is 20.0. The fraction of sp³-hybridized carbons (Fsp3) is 0. The van der Waals surface area contributed by atoms with Crippen LogP contribution >= 0.6 is 11.6 Å². The molecule has 5 rings (SSSR count). The Morgan fingerprint density at radius 3 is 2.52 bits per heavy atom. The third-order valence-electron chi connectivity index (χ3n) is 4.92. The normalized spacial score (nSPS) is 11.2. The quantitative estimate of drug-likeness (QED) is 0.283. The average Bonchev–Trinajstić information content (AvgIpc) is 3.08. The molecule has 0 aliphatic heterocycles. The summed E-state index contributed by atoms with van der Waals surface area (Å²) in [6, 6.07) is 18.4. The molecular formula is C22H13ClN4O2. The molecule has 0 unspecified atom stereocenters. The Morgan fingerprint density at radius 1 is 0.931 bits per heavy atom. The van der Waals surface area contributed by atoms with Crippen LogP contribution in [-0.2, 0) is 0 Å². The summed E-state index contributed by atoms with van der Waals surface area (Å²) in [5.74, 6) is 0. The smallest absolute Gasteiger partial charge is 0.294 e. The van der Waals surface area contributed by atoms with Crippen molar-refractivity contribution < 1.29 is 4.92 Å². The van der Waals surface area contributed by atoms with Crippen molar-refractivity contribution in [1.29, 1.82) is 0 Å².